The van der Waals surface area contributed by atoms with E-state index in [2.05, 4.69) is 41.6 Å². The minimum absolute atomic E-state index is 0.500. The van der Waals surface area contributed by atoms with Crippen LogP contribution in [0.3, 0.4) is 0 Å². The molecule has 2 aromatic rings. The van der Waals surface area contributed by atoms with Gasteiger partial charge in [0.1, 0.15) is 24.7 Å². The summed E-state index contributed by atoms with van der Waals surface area (Å²) in [5, 5.41) is 6.61. The van der Waals surface area contributed by atoms with Crippen LogP contribution in [0.15, 0.2) is 46.0 Å². The molecular formula is C22H33N3O4. The normalized spacial score (nSPS) is 11.5. The molecule has 0 bridgehead atoms. The minimum atomic E-state index is 0.500. The van der Waals surface area contributed by atoms with Crippen LogP contribution in [0.1, 0.15) is 30.2 Å². The van der Waals surface area contributed by atoms with Crippen LogP contribution in [0, 0.1) is 6.92 Å². The molecule has 2 rings (SSSR count). The van der Waals surface area contributed by atoms with Gasteiger partial charge < -0.3 is 29.3 Å². The Labute approximate surface area is 173 Å². The highest BCUT2D eigenvalue weighted by atomic mass is 16.5. The highest BCUT2D eigenvalue weighted by Crippen LogP contribution is 2.21. The molecule has 0 spiro atoms. The first kappa shape index (κ1) is 22.8. The van der Waals surface area contributed by atoms with Gasteiger partial charge in [0.05, 0.1) is 19.4 Å². The third-order valence-electron chi connectivity index (χ3n) is 4.10. The minimum Gasteiger partial charge on any atom is -0.491 e. The maximum absolute atomic E-state index is 5.85. The van der Waals surface area contributed by atoms with Crippen molar-refractivity contribution < 1.29 is 18.6 Å². The molecule has 0 saturated carbocycles. The van der Waals surface area contributed by atoms with Gasteiger partial charge in [0.15, 0.2) is 5.96 Å². The molecule has 7 nitrogen and oxygen atoms in total. The fourth-order valence-electron chi connectivity index (χ4n) is 2.62. The number of furan rings is 1. The van der Waals surface area contributed by atoms with Crippen molar-refractivity contribution in [2.45, 2.75) is 33.4 Å². The molecule has 0 radical (unpaired) electrons. The van der Waals surface area contributed by atoms with Gasteiger partial charge in [-0.05, 0) is 44.0 Å². The molecule has 1 heterocycles. The van der Waals surface area contributed by atoms with E-state index in [4.69, 9.17) is 18.6 Å². The molecule has 0 saturated heterocycles. The van der Waals surface area contributed by atoms with Crippen LogP contribution < -0.4 is 15.4 Å². The van der Waals surface area contributed by atoms with Crippen molar-refractivity contribution in [2.75, 3.05) is 40.0 Å². The molecule has 0 atom stereocenters. The molecule has 29 heavy (non-hydrogen) atoms. The Morgan fingerprint density at radius 3 is 2.79 bits per heavy atom. The summed E-state index contributed by atoms with van der Waals surface area (Å²) >= 11 is 0. The highest BCUT2D eigenvalue weighted by Gasteiger charge is 2.05. The number of methoxy groups -OCH3 is 1. The molecule has 7 heteroatoms. The van der Waals surface area contributed by atoms with Crippen LogP contribution in [-0.4, -0.2) is 46.0 Å². The van der Waals surface area contributed by atoms with Crippen LogP contribution in [0.25, 0.3) is 0 Å². The molecule has 160 valence electrons. The summed E-state index contributed by atoms with van der Waals surface area (Å²) in [7, 11) is 1.67. The molecule has 1 aromatic heterocycles. The fourth-order valence-corrected chi connectivity index (χ4v) is 2.62. The lowest BCUT2D eigenvalue weighted by Gasteiger charge is -2.13. The number of benzene rings is 1. The monoisotopic (exact) mass is 403 g/mol. The summed E-state index contributed by atoms with van der Waals surface area (Å²) in [6.07, 6.45) is 2.53. The Hall–Kier alpha value is -2.51. The molecule has 0 amide bonds. The van der Waals surface area contributed by atoms with Crippen LogP contribution in [-0.2, 0) is 22.6 Å². The van der Waals surface area contributed by atoms with Crippen molar-refractivity contribution >= 4 is 5.96 Å². The summed E-state index contributed by atoms with van der Waals surface area (Å²) < 4.78 is 21.8. The second kappa shape index (κ2) is 13.6. The standard InChI is InChI=1S/C22H33N3O4/c1-4-23-22(24-10-6-11-27-17-20-7-5-12-28-20)25-16-19-9-8-18(2)15-21(19)29-14-13-26-3/h5,7-9,12,15H,4,6,10-11,13-14,16-17H2,1-3H3,(H2,23,24,25). The molecular weight excluding hydrogens is 370 g/mol. The van der Waals surface area contributed by atoms with E-state index in [1.807, 2.05) is 18.2 Å². The van der Waals surface area contributed by atoms with Gasteiger partial charge in [0.2, 0.25) is 0 Å². The van der Waals surface area contributed by atoms with E-state index in [1.165, 1.54) is 0 Å². The zero-order valence-corrected chi connectivity index (χ0v) is 17.7. The van der Waals surface area contributed by atoms with E-state index < -0.39 is 0 Å². The fraction of sp³-hybridized carbons (Fsp3) is 0.500. The van der Waals surface area contributed by atoms with E-state index in [0.29, 0.717) is 33.0 Å². The molecule has 0 aliphatic rings. The number of aliphatic imine (C=N–C) groups is 1. The first-order valence-corrected chi connectivity index (χ1v) is 10.1. The Balaban J connectivity index is 1.80. The number of aryl methyl sites for hydroxylation is 1. The Bertz CT molecular complexity index is 717. The Morgan fingerprint density at radius 2 is 2.03 bits per heavy atom. The quantitative estimate of drug-likeness (QED) is 0.304. The van der Waals surface area contributed by atoms with E-state index in [9.17, 15) is 0 Å². The van der Waals surface area contributed by atoms with Crippen molar-refractivity contribution in [2.24, 2.45) is 4.99 Å². The number of hydrogen-bond donors (Lipinski definition) is 2. The van der Waals surface area contributed by atoms with Gasteiger partial charge in [-0.3, -0.25) is 0 Å². The van der Waals surface area contributed by atoms with Crippen LogP contribution in [0.4, 0.5) is 0 Å². The number of nitrogens with zero attached hydrogens (tertiary/aromatic N) is 1. The second-order valence-electron chi connectivity index (χ2n) is 6.56. The Morgan fingerprint density at radius 1 is 1.14 bits per heavy atom. The average Bonchev–Trinajstić information content (AvgIpc) is 3.23. The number of ether oxygens (including phenoxy) is 3. The van der Waals surface area contributed by atoms with Crippen molar-refractivity contribution in [1.82, 2.24) is 10.6 Å². The maximum atomic E-state index is 5.85. The van der Waals surface area contributed by atoms with Crippen molar-refractivity contribution in [3.63, 3.8) is 0 Å². The third kappa shape index (κ3) is 9.02. The first-order chi connectivity index (χ1) is 14.2. The van der Waals surface area contributed by atoms with Crippen LogP contribution >= 0.6 is 0 Å². The molecule has 1 aromatic carbocycles. The second-order valence-corrected chi connectivity index (χ2v) is 6.56. The molecule has 0 aliphatic carbocycles. The number of guanidine groups is 1. The summed E-state index contributed by atoms with van der Waals surface area (Å²) in [4.78, 5) is 4.69. The number of rotatable bonds is 13. The van der Waals surface area contributed by atoms with Gasteiger partial charge >= 0.3 is 0 Å². The van der Waals surface area contributed by atoms with E-state index in [0.717, 1.165) is 48.1 Å². The van der Waals surface area contributed by atoms with Crippen molar-refractivity contribution in [3.05, 3.63) is 53.5 Å². The molecule has 0 fully saturated rings. The third-order valence-corrected chi connectivity index (χ3v) is 4.10. The Kier molecular flexibility index (Phi) is 10.7. The average molecular weight is 404 g/mol. The van der Waals surface area contributed by atoms with E-state index in [-0.39, 0.29) is 0 Å². The zero-order valence-electron chi connectivity index (χ0n) is 17.7. The SMILES string of the molecule is CCNC(=NCc1ccc(C)cc1OCCOC)NCCCOCc1ccco1. The molecule has 0 unspecified atom stereocenters. The number of nitrogens with one attached hydrogen (secondary N) is 2. The first-order valence-electron chi connectivity index (χ1n) is 10.1. The van der Waals surface area contributed by atoms with Crippen LogP contribution in [0.2, 0.25) is 0 Å². The summed E-state index contributed by atoms with van der Waals surface area (Å²) in [6, 6.07) is 9.95. The summed E-state index contributed by atoms with van der Waals surface area (Å²) in [6.45, 7) is 8.44. The summed E-state index contributed by atoms with van der Waals surface area (Å²) in [5.74, 6) is 2.48. The molecule has 0 aliphatic heterocycles. The topological polar surface area (TPSA) is 77.3 Å². The number of hydrogen-bond acceptors (Lipinski definition) is 5. The smallest absolute Gasteiger partial charge is 0.191 e. The van der Waals surface area contributed by atoms with Gasteiger partial charge in [0, 0.05) is 32.4 Å². The van der Waals surface area contributed by atoms with Gasteiger partial charge in [-0.15, -0.1) is 0 Å². The summed E-state index contributed by atoms with van der Waals surface area (Å²) in [5.41, 5.74) is 2.20. The van der Waals surface area contributed by atoms with E-state index >= 15 is 0 Å². The molecule has 2 N–H and O–H groups in total. The van der Waals surface area contributed by atoms with Gasteiger partial charge in [0.25, 0.3) is 0 Å². The lowest BCUT2D eigenvalue weighted by molar-refractivity contribution is 0.105. The van der Waals surface area contributed by atoms with Crippen molar-refractivity contribution in [3.8, 4) is 5.75 Å². The van der Waals surface area contributed by atoms with Gasteiger partial charge in [-0.25, -0.2) is 4.99 Å². The maximum Gasteiger partial charge on any atom is 0.191 e. The highest BCUT2D eigenvalue weighted by molar-refractivity contribution is 5.79. The van der Waals surface area contributed by atoms with Crippen LogP contribution in [0.5, 0.6) is 5.75 Å². The lowest BCUT2D eigenvalue weighted by Crippen LogP contribution is -2.38. The van der Waals surface area contributed by atoms with Crippen molar-refractivity contribution in [1.29, 1.82) is 0 Å². The zero-order chi connectivity index (χ0) is 20.7. The van der Waals surface area contributed by atoms with Gasteiger partial charge in [-0.2, -0.15) is 0 Å². The predicted molar refractivity (Wildman–Crippen MR) is 114 cm³/mol. The lowest BCUT2D eigenvalue weighted by atomic mass is 10.1. The van der Waals surface area contributed by atoms with E-state index in [1.54, 1.807) is 13.4 Å². The van der Waals surface area contributed by atoms with Gasteiger partial charge in [-0.1, -0.05) is 12.1 Å². The largest absolute Gasteiger partial charge is 0.491 e. The predicted octanol–water partition coefficient (Wildman–Crippen LogP) is 3.28.